The van der Waals surface area contributed by atoms with Gasteiger partial charge in [-0.1, -0.05) is 0 Å². The van der Waals surface area contributed by atoms with Gasteiger partial charge in [-0.3, -0.25) is 0 Å². The molecule has 1 heterocycles. The van der Waals surface area contributed by atoms with E-state index in [1.165, 1.54) is 0 Å². The molecule has 1 aliphatic rings. The largest absolute Gasteiger partial charge is 0.317 e. The van der Waals surface area contributed by atoms with E-state index in [9.17, 15) is 4.21 Å². The predicted molar refractivity (Wildman–Crippen MR) is 36.5 cm³/mol. The van der Waals surface area contributed by atoms with Crippen LogP contribution in [-0.4, -0.2) is 23.3 Å². The number of rotatable bonds is 1. The Hall–Kier alpha value is -0.220. The molecule has 3 nitrogen and oxygen atoms in total. The summed E-state index contributed by atoms with van der Waals surface area (Å²) < 4.78 is 13.7. The lowest BCUT2D eigenvalue weighted by Crippen LogP contribution is -2.29. The summed E-state index contributed by atoms with van der Waals surface area (Å²) in [5.41, 5.74) is 0. The van der Waals surface area contributed by atoms with Gasteiger partial charge >= 0.3 is 0 Å². The van der Waals surface area contributed by atoms with Crippen molar-refractivity contribution >= 4 is 11.5 Å². The molecule has 0 atom stereocenters. The fourth-order valence-corrected chi connectivity index (χ4v) is 1.31. The first-order valence-corrected chi connectivity index (χ1v) is 3.83. The van der Waals surface area contributed by atoms with E-state index in [-0.39, 0.29) is 0 Å². The van der Waals surface area contributed by atoms with Gasteiger partial charge in [0, 0.05) is 0 Å². The van der Waals surface area contributed by atoms with Crippen LogP contribution in [0.25, 0.3) is 0 Å². The molecule has 4 heteroatoms. The molecular weight excluding hydrogens is 136 g/mol. The van der Waals surface area contributed by atoms with E-state index in [0.717, 1.165) is 25.9 Å². The van der Waals surface area contributed by atoms with E-state index in [1.54, 1.807) is 0 Å². The van der Waals surface area contributed by atoms with Crippen molar-refractivity contribution in [1.29, 1.82) is 0 Å². The highest BCUT2D eigenvalue weighted by molar-refractivity contribution is 7.54. The predicted octanol–water partition coefficient (Wildman–Crippen LogP) is 0.135. The molecule has 0 amide bonds. The van der Waals surface area contributed by atoms with Gasteiger partial charge in [-0.25, -0.2) is 0 Å². The van der Waals surface area contributed by atoms with E-state index in [1.807, 2.05) is 0 Å². The second kappa shape index (κ2) is 3.74. The van der Waals surface area contributed by atoms with Crippen LogP contribution < -0.4 is 5.32 Å². The Morgan fingerprint density at radius 1 is 1.44 bits per heavy atom. The molecular formula is C5H10N2OS. The first-order valence-electron chi connectivity index (χ1n) is 3.13. The smallest absolute Gasteiger partial charge is 0.199 e. The van der Waals surface area contributed by atoms with Crippen LogP contribution >= 0.6 is 0 Å². The summed E-state index contributed by atoms with van der Waals surface area (Å²) in [7, 11) is 0. The fraction of sp³-hybridized carbons (Fsp3) is 1.00. The Bertz CT molecular complexity index is 127. The average molecular weight is 146 g/mol. The van der Waals surface area contributed by atoms with Crippen molar-refractivity contribution in [2.24, 2.45) is 4.36 Å². The lowest BCUT2D eigenvalue weighted by molar-refractivity contribution is 0.462. The number of nitrogens with zero attached hydrogens (tertiary/aromatic N) is 1. The zero-order valence-corrected chi connectivity index (χ0v) is 5.99. The Balaban J connectivity index is 2.31. The van der Waals surface area contributed by atoms with E-state index in [4.69, 9.17) is 0 Å². The van der Waals surface area contributed by atoms with E-state index >= 15 is 0 Å². The van der Waals surface area contributed by atoms with Gasteiger partial charge in [0.25, 0.3) is 0 Å². The Morgan fingerprint density at radius 2 is 2.11 bits per heavy atom. The minimum absolute atomic E-state index is 0.314. The van der Waals surface area contributed by atoms with Gasteiger partial charge in [0.05, 0.1) is 6.04 Å². The summed E-state index contributed by atoms with van der Waals surface area (Å²) >= 11 is 0.355. The van der Waals surface area contributed by atoms with Crippen molar-refractivity contribution in [3.05, 3.63) is 0 Å². The van der Waals surface area contributed by atoms with Crippen molar-refractivity contribution in [3.63, 3.8) is 0 Å². The van der Waals surface area contributed by atoms with Gasteiger partial charge in [-0.05, 0) is 25.9 Å². The first-order chi connectivity index (χ1) is 4.43. The van der Waals surface area contributed by atoms with E-state index in [2.05, 4.69) is 9.68 Å². The molecule has 0 aromatic heterocycles. The molecule has 0 radical (unpaired) electrons. The van der Waals surface area contributed by atoms with Crippen LogP contribution in [-0.2, 0) is 11.5 Å². The zero-order valence-electron chi connectivity index (χ0n) is 5.17. The van der Waals surface area contributed by atoms with Gasteiger partial charge in [0.1, 0.15) is 0 Å². The number of hydrogen-bond donors (Lipinski definition) is 1. The third-order valence-electron chi connectivity index (χ3n) is 1.50. The zero-order chi connectivity index (χ0) is 6.53. The number of piperidine rings is 1. The minimum atomic E-state index is 0.314. The summed E-state index contributed by atoms with van der Waals surface area (Å²) in [4.78, 5) is 0. The van der Waals surface area contributed by atoms with Crippen molar-refractivity contribution < 1.29 is 4.21 Å². The molecule has 0 aromatic rings. The standard InChI is InChI=1S/C5H10N2OS/c8-9-7-5-1-3-6-4-2-5/h5-6H,1-4H2. The molecule has 1 N–H and O–H groups in total. The Morgan fingerprint density at radius 3 is 2.67 bits per heavy atom. The molecule has 1 aliphatic heterocycles. The maximum absolute atomic E-state index is 9.93. The topological polar surface area (TPSA) is 41.5 Å². The molecule has 1 rings (SSSR count). The second-order valence-electron chi connectivity index (χ2n) is 2.16. The van der Waals surface area contributed by atoms with Gasteiger partial charge in [0.15, 0.2) is 11.5 Å². The van der Waals surface area contributed by atoms with Crippen LogP contribution in [0.3, 0.4) is 0 Å². The molecule has 0 saturated carbocycles. The van der Waals surface area contributed by atoms with E-state index in [0.29, 0.717) is 17.5 Å². The Kier molecular flexibility index (Phi) is 2.86. The summed E-state index contributed by atoms with van der Waals surface area (Å²) in [6.07, 6.45) is 2.05. The maximum atomic E-state index is 9.93. The average Bonchev–Trinajstić information content (AvgIpc) is 1.91. The fourth-order valence-electron chi connectivity index (χ4n) is 0.973. The molecule has 1 saturated heterocycles. The molecule has 0 spiro atoms. The van der Waals surface area contributed by atoms with Crippen molar-refractivity contribution in [2.75, 3.05) is 13.1 Å². The summed E-state index contributed by atoms with van der Waals surface area (Å²) in [5, 5.41) is 3.20. The van der Waals surface area contributed by atoms with Gasteiger partial charge in [-0.2, -0.15) is 8.57 Å². The van der Waals surface area contributed by atoms with E-state index < -0.39 is 0 Å². The molecule has 1 fully saturated rings. The monoisotopic (exact) mass is 146 g/mol. The van der Waals surface area contributed by atoms with Crippen LogP contribution in [0.4, 0.5) is 0 Å². The van der Waals surface area contributed by atoms with Gasteiger partial charge in [0.2, 0.25) is 0 Å². The van der Waals surface area contributed by atoms with Gasteiger partial charge < -0.3 is 5.32 Å². The summed E-state index contributed by atoms with van der Waals surface area (Å²) in [6, 6.07) is 0.314. The molecule has 0 aliphatic carbocycles. The maximum Gasteiger partial charge on any atom is 0.199 e. The lowest BCUT2D eigenvalue weighted by atomic mass is 10.1. The number of hydrogen-bond acceptors (Lipinski definition) is 3. The normalized spacial score (nSPS) is 21.3. The first kappa shape index (κ1) is 6.89. The number of nitrogens with one attached hydrogen (secondary N) is 1. The highest BCUT2D eigenvalue weighted by Crippen LogP contribution is 2.05. The molecule has 0 unspecified atom stereocenters. The molecule has 9 heavy (non-hydrogen) atoms. The highest BCUT2D eigenvalue weighted by atomic mass is 32.1. The second-order valence-corrected chi connectivity index (χ2v) is 2.52. The van der Waals surface area contributed by atoms with Crippen LogP contribution in [0.2, 0.25) is 0 Å². The van der Waals surface area contributed by atoms with Crippen molar-refractivity contribution in [2.45, 2.75) is 18.9 Å². The SMILES string of the molecule is O=S=NC1CCNCC1. The molecule has 0 bridgehead atoms. The van der Waals surface area contributed by atoms with Crippen LogP contribution in [0.1, 0.15) is 12.8 Å². The van der Waals surface area contributed by atoms with Crippen molar-refractivity contribution in [3.8, 4) is 0 Å². The third kappa shape index (κ3) is 2.24. The quantitative estimate of drug-likeness (QED) is 0.571. The van der Waals surface area contributed by atoms with Crippen LogP contribution in [0.5, 0.6) is 0 Å². The van der Waals surface area contributed by atoms with Crippen LogP contribution in [0, 0.1) is 0 Å². The third-order valence-corrected chi connectivity index (χ3v) is 1.88. The van der Waals surface area contributed by atoms with Crippen LogP contribution in [0.15, 0.2) is 4.36 Å². The molecule has 52 valence electrons. The van der Waals surface area contributed by atoms with Crippen molar-refractivity contribution in [1.82, 2.24) is 5.32 Å². The minimum Gasteiger partial charge on any atom is -0.317 e. The lowest BCUT2D eigenvalue weighted by Gasteiger charge is -2.16. The van der Waals surface area contributed by atoms with Gasteiger partial charge in [-0.15, -0.1) is 0 Å². The highest BCUT2D eigenvalue weighted by Gasteiger charge is 2.10. The summed E-state index contributed by atoms with van der Waals surface area (Å²) in [5.74, 6) is 0. The molecule has 0 aromatic carbocycles. The summed E-state index contributed by atoms with van der Waals surface area (Å²) in [6.45, 7) is 2.02. The Labute approximate surface area is 58.1 Å².